The molecule has 3 N–H and O–H groups in total. The van der Waals surface area contributed by atoms with E-state index >= 15 is 0 Å². The molecule has 0 bridgehead atoms. The quantitative estimate of drug-likeness (QED) is 0.584. The number of nitrogen functional groups attached to an aromatic ring is 1. The SMILES string of the molecule is CCOCN(C)c1c(N)cccc1C(=O)O. The van der Waals surface area contributed by atoms with Crippen LogP contribution in [0.15, 0.2) is 18.2 Å². The van der Waals surface area contributed by atoms with Crippen molar-refractivity contribution < 1.29 is 14.6 Å². The molecule has 0 aromatic heterocycles. The lowest BCUT2D eigenvalue weighted by molar-refractivity contribution is 0.0697. The number of hydrogen-bond donors (Lipinski definition) is 2. The molecule has 88 valence electrons. The van der Waals surface area contributed by atoms with Crippen molar-refractivity contribution in [2.24, 2.45) is 0 Å². The van der Waals surface area contributed by atoms with Gasteiger partial charge in [0.15, 0.2) is 0 Å². The zero-order chi connectivity index (χ0) is 12.1. The Kier molecular flexibility index (Phi) is 4.13. The Labute approximate surface area is 94.4 Å². The minimum atomic E-state index is -0.995. The summed E-state index contributed by atoms with van der Waals surface area (Å²) in [6.45, 7) is 2.75. The van der Waals surface area contributed by atoms with Crippen molar-refractivity contribution in [1.82, 2.24) is 0 Å². The monoisotopic (exact) mass is 224 g/mol. The van der Waals surface area contributed by atoms with Gasteiger partial charge in [0.2, 0.25) is 0 Å². The van der Waals surface area contributed by atoms with E-state index in [1.807, 2.05) is 6.92 Å². The third kappa shape index (κ3) is 2.64. The van der Waals surface area contributed by atoms with Crippen molar-refractivity contribution in [2.45, 2.75) is 6.92 Å². The van der Waals surface area contributed by atoms with Gasteiger partial charge in [-0.1, -0.05) is 6.07 Å². The summed E-state index contributed by atoms with van der Waals surface area (Å²) < 4.78 is 5.22. The number of nitrogens with two attached hydrogens (primary N) is 1. The molecule has 1 rings (SSSR count). The molecule has 16 heavy (non-hydrogen) atoms. The van der Waals surface area contributed by atoms with Crippen LogP contribution in [-0.2, 0) is 4.74 Å². The summed E-state index contributed by atoms with van der Waals surface area (Å²) in [4.78, 5) is 12.7. The predicted molar refractivity (Wildman–Crippen MR) is 62.7 cm³/mol. The van der Waals surface area contributed by atoms with Gasteiger partial charge in [-0.15, -0.1) is 0 Å². The van der Waals surface area contributed by atoms with E-state index in [0.29, 0.717) is 24.7 Å². The van der Waals surface area contributed by atoms with Gasteiger partial charge in [0.05, 0.1) is 16.9 Å². The highest BCUT2D eigenvalue weighted by molar-refractivity contribution is 5.97. The van der Waals surface area contributed by atoms with E-state index in [0.717, 1.165) is 0 Å². The fourth-order valence-corrected chi connectivity index (χ4v) is 1.45. The van der Waals surface area contributed by atoms with Crippen LogP contribution in [0.2, 0.25) is 0 Å². The highest BCUT2D eigenvalue weighted by Gasteiger charge is 2.15. The largest absolute Gasteiger partial charge is 0.478 e. The lowest BCUT2D eigenvalue weighted by atomic mass is 10.1. The summed E-state index contributed by atoms with van der Waals surface area (Å²) in [6.07, 6.45) is 0. The molecule has 0 spiro atoms. The highest BCUT2D eigenvalue weighted by atomic mass is 16.5. The second-order valence-electron chi connectivity index (χ2n) is 3.37. The number of ether oxygens (including phenoxy) is 1. The first kappa shape index (κ1) is 12.3. The van der Waals surface area contributed by atoms with Crippen LogP contribution >= 0.6 is 0 Å². The van der Waals surface area contributed by atoms with Gasteiger partial charge in [-0.05, 0) is 19.1 Å². The lowest BCUT2D eigenvalue weighted by Gasteiger charge is -2.22. The molecular weight excluding hydrogens is 208 g/mol. The van der Waals surface area contributed by atoms with E-state index in [1.165, 1.54) is 6.07 Å². The average molecular weight is 224 g/mol. The van der Waals surface area contributed by atoms with Crippen LogP contribution in [0.25, 0.3) is 0 Å². The molecule has 0 aliphatic rings. The molecule has 0 atom stereocenters. The van der Waals surface area contributed by atoms with Crippen LogP contribution in [-0.4, -0.2) is 31.5 Å². The molecule has 0 amide bonds. The molecule has 0 saturated carbocycles. The Morgan fingerprint density at radius 2 is 2.25 bits per heavy atom. The maximum Gasteiger partial charge on any atom is 0.337 e. The summed E-state index contributed by atoms with van der Waals surface area (Å²) in [7, 11) is 1.74. The molecule has 5 nitrogen and oxygen atoms in total. The summed E-state index contributed by atoms with van der Waals surface area (Å²) in [5.41, 5.74) is 6.88. The number of nitrogens with zero attached hydrogens (tertiary/aromatic N) is 1. The molecule has 0 unspecified atom stereocenters. The van der Waals surface area contributed by atoms with Crippen molar-refractivity contribution in [3.8, 4) is 0 Å². The van der Waals surface area contributed by atoms with Crippen molar-refractivity contribution in [2.75, 3.05) is 31.0 Å². The number of benzene rings is 1. The molecule has 0 fully saturated rings. The number of carboxylic acids is 1. The maximum atomic E-state index is 11.0. The van der Waals surface area contributed by atoms with Gasteiger partial charge in [0.25, 0.3) is 0 Å². The fraction of sp³-hybridized carbons (Fsp3) is 0.364. The number of carbonyl (C=O) groups is 1. The average Bonchev–Trinajstić information content (AvgIpc) is 2.25. The van der Waals surface area contributed by atoms with Crippen LogP contribution in [0.4, 0.5) is 11.4 Å². The van der Waals surface area contributed by atoms with Gasteiger partial charge >= 0.3 is 5.97 Å². The fourth-order valence-electron chi connectivity index (χ4n) is 1.45. The van der Waals surface area contributed by atoms with Crippen LogP contribution in [0.3, 0.4) is 0 Å². The predicted octanol–water partition coefficient (Wildman–Crippen LogP) is 1.40. The van der Waals surface area contributed by atoms with Crippen LogP contribution in [0.5, 0.6) is 0 Å². The number of aromatic carboxylic acids is 1. The number of anilines is 2. The normalized spacial score (nSPS) is 10.1. The Hall–Kier alpha value is -1.75. The van der Waals surface area contributed by atoms with Crippen molar-refractivity contribution in [1.29, 1.82) is 0 Å². The number of para-hydroxylation sites is 1. The topological polar surface area (TPSA) is 75.8 Å². The third-order valence-corrected chi connectivity index (χ3v) is 2.17. The number of rotatable bonds is 5. The molecule has 0 saturated heterocycles. The molecule has 1 aromatic carbocycles. The van der Waals surface area contributed by atoms with Gasteiger partial charge in [0, 0.05) is 13.7 Å². The van der Waals surface area contributed by atoms with Gasteiger partial charge in [-0.2, -0.15) is 0 Å². The van der Waals surface area contributed by atoms with Gasteiger partial charge < -0.3 is 20.5 Å². The first-order chi connectivity index (χ1) is 7.57. The van der Waals surface area contributed by atoms with E-state index in [-0.39, 0.29) is 5.56 Å². The summed E-state index contributed by atoms with van der Waals surface area (Å²) in [6, 6.07) is 4.82. The van der Waals surface area contributed by atoms with E-state index in [2.05, 4.69) is 0 Å². The molecule has 5 heteroatoms. The third-order valence-electron chi connectivity index (χ3n) is 2.17. The van der Waals surface area contributed by atoms with Gasteiger partial charge in [-0.3, -0.25) is 0 Å². The second kappa shape index (κ2) is 5.37. The molecular formula is C11H16N2O3. The summed E-state index contributed by atoms with van der Waals surface area (Å²) >= 11 is 0. The minimum absolute atomic E-state index is 0.183. The Morgan fingerprint density at radius 3 is 2.81 bits per heavy atom. The van der Waals surface area contributed by atoms with Crippen LogP contribution in [0, 0.1) is 0 Å². The number of carboxylic acid groups (broad SMARTS) is 1. The smallest absolute Gasteiger partial charge is 0.337 e. The molecule has 1 aromatic rings. The first-order valence-electron chi connectivity index (χ1n) is 4.98. The second-order valence-corrected chi connectivity index (χ2v) is 3.37. The Balaban J connectivity index is 3.04. The van der Waals surface area contributed by atoms with E-state index < -0.39 is 5.97 Å². The zero-order valence-corrected chi connectivity index (χ0v) is 9.43. The van der Waals surface area contributed by atoms with Crippen molar-refractivity contribution in [3.05, 3.63) is 23.8 Å². The first-order valence-corrected chi connectivity index (χ1v) is 4.98. The van der Waals surface area contributed by atoms with E-state index in [9.17, 15) is 4.79 Å². The van der Waals surface area contributed by atoms with Gasteiger partial charge in [-0.25, -0.2) is 4.79 Å². The van der Waals surface area contributed by atoms with Crippen LogP contribution in [0.1, 0.15) is 17.3 Å². The van der Waals surface area contributed by atoms with Crippen LogP contribution < -0.4 is 10.6 Å². The highest BCUT2D eigenvalue weighted by Crippen LogP contribution is 2.26. The van der Waals surface area contributed by atoms with Crippen molar-refractivity contribution in [3.63, 3.8) is 0 Å². The van der Waals surface area contributed by atoms with Crippen molar-refractivity contribution >= 4 is 17.3 Å². The molecule has 0 radical (unpaired) electrons. The van der Waals surface area contributed by atoms with Gasteiger partial charge in [0.1, 0.15) is 6.73 Å². The lowest BCUT2D eigenvalue weighted by Crippen LogP contribution is -2.24. The molecule has 0 aliphatic heterocycles. The zero-order valence-electron chi connectivity index (χ0n) is 9.43. The number of hydrogen-bond acceptors (Lipinski definition) is 4. The Morgan fingerprint density at radius 1 is 1.56 bits per heavy atom. The summed E-state index contributed by atoms with van der Waals surface area (Å²) in [5, 5.41) is 9.04. The molecule has 0 heterocycles. The molecule has 0 aliphatic carbocycles. The summed E-state index contributed by atoms with van der Waals surface area (Å²) in [5.74, 6) is -0.995. The van der Waals surface area contributed by atoms with E-state index in [1.54, 1.807) is 24.1 Å². The van der Waals surface area contributed by atoms with E-state index in [4.69, 9.17) is 15.6 Å². The Bertz CT molecular complexity index is 379. The standard InChI is InChI=1S/C11H16N2O3/c1-3-16-7-13(2)10-8(11(14)15)5-4-6-9(10)12/h4-6H,3,7,12H2,1-2H3,(H,14,15). The maximum absolute atomic E-state index is 11.0. The minimum Gasteiger partial charge on any atom is -0.478 e.